The average molecular weight is 545 g/mol. The van der Waals surface area contributed by atoms with Gasteiger partial charge >= 0.3 is 12.0 Å². The molecule has 0 radical (unpaired) electrons. The number of hydrogen-bond donors (Lipinski definition) is 2. The Morgan fingerprint density at radius 1 is 1.07 bits per heavy atom. The monoisotopic (exact) mass is 544 g/mol. The van der Waals surface area contributed by atoms with Crippen molar-refractivity contribution in [3.63, 3.8) is 0 Å². The molecule has 5 rings (SSSR count). The molecule has 1 aliphatic rings. The number of esters is 1. The third kappa shape index (κ3) is 6.25. The van der Waals surface area contributed by atoms with Gasteiger partial charge in [-0.25, -0.2) is 9.78 Å². The van der Waals surface area contributed by atoms with E-state index in [4.69, 9.17) is 18.9 Å². The number of aliphatic hydroxyl groups is 1. The Labute approximate surface area is 233 Å². The molecule has 40 heavy (non-hydrogen) atoms. The fourth-order valence-corrected chi connectivity index (χ4v) is 4.62. The second-order valence-electron chi connectivity index (χ2n) is 12.2. The van der Waals surface area contributed by atoms with Gasteiger partial charge in [-0.05, 0) is 67.6 Å². The summed E-state index contributed by atoms with van der Waals surface area (Å²) in [4.78, 5) is 17.2. The van der Waals surface area contributed by atoms with Gasteiger partial charge < -0.3 is 24.3 Å². The van der Waals surface area contributed by atoms with Crippen LogP contribution in [0.15, 0.2) is 52.9 Å². The number of ether oxygens (including phenoxy) is 2. The van der Waals surface area contributed by atoms with E-state index in [0.29, 0.717) is 41.8 Å². The van der Waals surface area contributed by atoms with Crippen LogP contribution >= 0.6 is 0 Å². The molecule has 0 bridgehead atoms. The van der Waals surface area contributed by atoms with Crippen molar-refractivity contribution >= 4 is 22.9 Å². The normalized spacial score (nSPS) is 17.4. The molecular formula is C31H36N4O5. The quantitative estimate of drug-likeness (QED) is 0.264. The van der Waals surface area contributed by atoms with Crippen molar-refractivity contribution in [2.45, 2.75) is 77.5 Å². The topological polar surface area (TPSA) is 120 Å². The highest BCUT2D eigenvalue weighted by molar-refractivity contribution is 5.90. The SMILES string of the molecule is Cc1cc(-c2nnc(NC3CC(OC(=O)c4ccccc4)C3)o2)nc2c(C(C)(C)C)cc(OCC(C)(C)O)cc12. The van der Waals surface area contributed by atoms with Gasteiger partial charge in [0.1, 0.15) is 24.2 Å². The fraction of sp³-hybridized carbons (Fsp3) is 0.419. The van der Waals surface area contributed by atoms with Crippen LogP contribution in [0.4, 0.5) is 6.01 Å². The zero-order valence-corrected chi connectivity index (χ0v) is 23.8. The summed E-state index contributed by atoms with van der Waals surface area (Å²) in [6.45, 7) is 12.0. The lowest BCUT2D eigenvalue weighted by Gasteiger charge is -2.34. The molecule has 1 saturated carbocycles. The van der Waals surface area contributed by atoms with E-state index in [9.17, 15) is 9.90 Å². The standard InChI is InChI=1S/C31H36N4O5/c1-18-12-25(33-26-23(18)15-21(38-17-31(5,6)37)16-24(26)30(2,3)4)27-34-35-29(40-27)32-20-13-22(14-20)39-28(36)19-10-8-7-9-11-19/h7-12,15-16,20,22,37H,13-14,17H2,1-6H3,(H,32,35). The fourth-order valence-electron chi connectivity index (χ4n) is 4.62. The molecular weight excluding hydrogens is 508 g/mol. The number of hydrogen-bond acceptors (Lipinski definition) is 9. The molecule has 2 N–H and O–H groups in total. The average Bonchev–Trinajstić information content (AvgIpc) is 3.34. The summed E-state index contributed by atoms with van der Waals surface area (Å²) < 4.78 is 17.4. The molecule has 0 aliphatic heterocycles. The van der Waals surface area contributed by atoms with E-state index in [1.54, 1.807) is 26.0 Å². The largest absolute Gasteiger partial charge is 0.491 e. The van der Waals surface area contributed by atoms with E-state index in [1.165, 1.54) is 0 Å². The van der Waals surface area contributed by atoms with Crippen molar-refractivity contribution in [1.29, 1.82) is 0 Å². The van der Waals surface area contributed by atoms with Crippen LogP contribution in [-0.2, 0) is 10.2 Å². The minimum absolute atomic E-state index is 0.0722. The number of aromatic nitrogens is 3. The van der Waals surface area contributed by atoms with Crippen molar-refractivity contribution in [2.75, 3.05) is 11.9 Å². The van der Waals surface area contributed by atoms with Crippen molar-refractivity contribution < 1.29 is 23.8 Å². The van der Waals surface area contributed by atoms with Crippen LogP contribution in [0.1, 0.15) is 68.9 Å². The second kappa shape index (κ2) is 10.5. The highest BCUT2D eigenvalue weighted by Crippen LogP contribution is 2.36. The van der Waals surface area contributed by atoms with Gasteiger partial charge in [0.25, 0.3) is 5.89 Å². The summed E-state index contributed by atoms with van der Waals surface area (Å²) >= 11 is 0. The van der Waals surface area contributed by atoms with Crippen molar-refractivity contribution in [2.24, 2.45) is 0 Å². The predicted octanol–water partition coefficient (Wildman–Crippen LogP) is 5.84. The summed E-state index contributed by atoms with van der Waals surface area (Å²) in [5.41, 5.74) is 2.84. The Balaban J connectivity index is 1.30. The first kappa shape index (κ1) is 27.6. The lowest BCUT2D eigenvalue weighted by atomic mass is 9.84. The van der Waals surface area contributed by atoms with Crippen molar-refractivity contribution in [1.82, 2.24) is 15.2 Å². The molecule has 2 aromatic heterocycles. The van der Waals surface area contributed by atoms with E-state index in [2.05, 4.69) is 36.3 Å². The maximum Gasteiger partial charge on any atom is 0.338 e. The number of nitrogens with one attached hydrogen (secondary N) is 1. The van der Waals surface area contributed by atoms with Crippen LogP contribution in [0, 0.1) is 6.92 Å². The van der Waals surface area contributed by atoms with Crippen LogP contribution in [-0.4, -0.2) is 50.6 Å². The third-order valence-electron chi connectivity index (χ3n) is 6.84. The molecule has 4 aromatic rings. The Morgan fingerprint density at radius 3 is 2.48 bits per heavy atom. The Morgan fingerprint density at radius 2 is 1.80 bits per heavy atom. The first-order valence-electron chi connectivity index (χ1n) is 13.5. The molecule has 9 nitrogen and oxygen atoms in total. The van der Waals surface area contributed by atoms with Crippen LogP contribution < -0.4 is 10.1 Å². The van der Waals surface area contributed by atoms with E-state index >= 15 is 0 Å². The summed E-state index contributed by atoms with van der Waals surface area (Å²) in [5.74, 6) is 0.697. The van der Waals surface area contributed by atoms with Gasteiger partial charge in [0.15, 0.2) is 0 Å². The zero-order chi connectivity index (χ0) is 28.7. The van der Waals surface area contributed by atoms with Crippen molar-refractivity contribution in [3.8, 4) is 17.3 Å². The first-order valence-corrected chi connectivity index (χ1v) is 13.5. The number of carbonyl (C=O) groups excluding carboxylic acids is 1. The van der Waals surface area contributed by atoms with Crippen molar-refractivity contribution in [3.05, 3.63) is 65.2 Å². The number of anilines is 1. The maximum atomic E-state index is 12.3. The Kier molecular flexibility index (Phi) is 7.27. The molecule has 0 amide bonds. The molecule has 9 heteroatoms. The second-order valence-corrected chi connectivity index (χ2v) is 12.2. The van der Waals surface area contributed by atoms with E-state index in [0.717, 1.165) is 22.0 Å². The van der Waals surface area contributed by atoms with Crippen LogP contribution in [0.5, 0.6) is 5.75 Å². The Hall–Kier alpha value is -3.98. The summed E-state index contributed by atoms with van der Waals surface area (Å²) in [6, 6.07) is 15.2. The van der Waals surface area contributed by atoms with Crippen LogP contribution in [0.3, 0.4) is 0 Å². The third-order valence-corrected chi connectivity index (χ3v) is 6.84. The molecule has 0 saturated heterocycles. The highest BCUT2D eigenvalue weighted by Gasteiger charge is 2.33. The molecule has 0 spiro atoms. The minimum atomic E-state index is -0.940. The van der Waals surface area contributed by atoms with Gasteiger partial charge in [-0.2, -0.15) is 0 Å². The highest BCUT2D eigenvalue weighted by atomic mass is 16.5. The predicted molar refractivity (Wildman–Crippen MR) is 153 cm³/mol. The van der Waals surface area contributed by atoms with Crippen LogP contribution in [0.25, 0.3) is 22.5 Å². The summed E-state index contributed by atoms with van der Waals surface area (Å²) in [7, 11) is 0. The van der Waals surface area contributed by atoms with E-state index in [-0.39, 0.29) is 30.1 Å². The molecule has 2 aromatic carbocycles. The maximum absolute atomic E-state index is 12.3. The molecule has 0 atom stereocenters. The van der Waals surface area contributed by atoms with Gasteiger partial charge in [-0.15, -0.1) is 5.10 Å². The number of benzene rings is 2. The van der Waals surface area contributed by atoms with E-state index in [1.807, 2.05) is 43.3 Å². The van der Waals surface area contributed by atoms with Gasteiger partial charge in [0.2, 0.25) is 0 Å². The smallest absolute Gasteiger partial charge is 0.338 e. The number of fused-ring (bicyclic) bond motifs is 1. The lowest BCUT2D eigenvalue weighted by molar-refractivity contribution is 0.00527. The Bertz CT molecular complexity index is 1510. The zero-order valence-electron chi connectivity index (χ0n) is 23.8. The summed E-state index contributed by atoms with van der Waals surface area (Å²) in [5, 5.41) is 22.7. The van der Waals surface area contributed by atoms with Gasteiger partial charge in [-0.3, -0.25) is 0 Å². The number of carbonyl (C=O) groups is 1. The number of pyridine rings is 1. The van der Waals surface area contributed by atoms with Crippen LogP contribution in [0.2, 0.25) is 0 Å². The molecule has 1 aliphatic carbocycles. The number of nitrogens with zero attached hydrogens (tertiary/aromatic N) is 3. The van der Waals surface area contributed by atoms with Gasteiger partial charge in [0, 0.05) is 24.3 Å². The molecule has 2 heterocycles. The minimum Gasteiger partial charge on any atom is -0.491 e. The first-order chi connectivity index (χ1) is 18.9. The van der Waals surface area contributed by atoms with Gasteiger partial charge in [0.05, 0.1) is 16.7 Å². The number of rotatable bonds is 8. The molecule has 1 fully saturated rings. The molecule has 210 valence electrons. The van der Waals surface area contributed by atoms with Gasteiger partial charge in [-0.1, -0.05) is 44.1 Å². The lowest BCUT2D eigenvalue weighted by Crippen LogP contribution is -2.42. The van der Waals surface area contributed by atoms with E-state index < -0.39 is 5.60 Å². The molecule has 0 unspecified atom stereocenters. The summed E-state index contributed by atoms with van der Waals surface area (Å²) in [6.07, 6.45) is 1.18. The number of aryl methyl sites for hydroxylation is 1.